The predicted molar refractivity (Wildman–Crippen MR) is 94.3 cm³/mol. The molecule has 2 rings (SSSR count). The highest BCUT2D eigenvalue weighted by atomic mass is 19.4. The molecule has 2 amide bonds. The molecule has 0 aliphatic carbocycles. The molecule has 150 valence electrons. The largest absolute Gasteiger partial charge is 0.573 e. The van der Waals surface area contributed by atoms with Crippen LogP contribution in [0.2, 0.25) is 0 Å². The highest BCUT2D eigenvalue weighted by Crippen LogP contribution is 2.23. The maximum atomic E-state index is 13.5. The number of hydrogen-bond acceptors (Lipinski definition) is 4. The first-order chi connectivity index (χ1) is 13.1. The lowest BCUT2D eigenvalue weighted by Gasteiger charge is -2.16. The van der Waals surface area contributed by atoms with Crippen molar-refractivity contribution in [2.75, 3.05) is 30.8 Å². The molecule has 0 fully saturated rings. The third-order valence-corrected chi connectivity index (χ3v) is 3.35. The van der Waals surface area contributed by atoms with E-state index in [1.54, 1.807) is 6.07 Å². The van der Waals surface area contributed by atoms with Crippen LogP contribution in [0.5, 0.6) is 5.75 Å². The molecule has 2 aromatic rings. The smallest absolute Gasteiger partial charge is 0.406 e. The van der Waals surface area contributed by atoms with Gasteiger partial charge in [0.2, 0.25) is 11.8 Å². The lowest BCUT2D eigenvalue weighted by molar-refractivity contribution is -0.274. The number of carbonyl (C=O) groups is 2. The molecule has 0 aliphatic heterocycles. The van der Waals surface area contributed by atoms with E-state index in [4.69, 9.17) is 0 Å². The van der Waals surface area contributed by atoms with Crippen LogP contribution < -0.4 is 15.4 Å². The van der Waals surface area contributed by atoms with Gasteiger partial charge in [0.25, 0.3) is 0 Å². The fraction of sp³-hybridized carbons (Fsp3) is 0.222. The molecule has 2 aromatic carbocycles. The summed E-state index contributed by atoms with van der Waals surface area (Å²) in [5, 5.41) is 4.88. The molecule has 0 unspecified atom stereocenters. The number of halogens is 4. The van der Waals surface area contributed by atoms with Crippen LogP contribution in [0.25, 0.3) is 0 Å². The van der Waals surface area contributed by atoms with Gasteiger partial charge in [-0.05, 0) is 43.4 Å². The average molecular weight is 399 g/mol. The summed E-state index contributed by atoms with van der Waals surface area (Å²) in [6, 6.07) is 10.3. The SMILES string of the molecule is CN(CC(=O)Nc1ccc(OC(F)(F)F)cc1)CC(=O)Nc1ccccc1F. The molecular weight excluding hydrogens is 382 g/mol. The van der Waals surface area contributed by atoms with Gasteiger partial charge in [-0.15, -0.1) is 13.2 Å². The first-order valence-electron chi connectivity index (χ1n) is 8.01. The number of rotatable bonds is 7. The van der Waals surface area contributed by atoms with Crippen molar-refractivity contribution in [1.29, 1.82) is 0 Å². The van der Waals surface area contributed by atoms with E-state index in [2.05, 4.69) is 15.4 Å². The standard InChI is InChI=1S/C18H17F4N3O3/c1-25(11-17(27)24-15-5-3-2-4-14(15)19)10-16(26)23-12-6-8-13(9-7-12)28-18(20,21)22/h2-9H,10-11H2,1H3,(H,23,26)(H,24,27). The molecule has 0 saturated heterocycles. The molecule has 0 bridgehead atoms. The maximum Gasteiger partial charge on any atom is 0.573 e. The number of para-hydroxylation sites is 1. The number of hydrogen-bond donors (Lipinski definition) is 2. The zero-order chi connectivity index (χ0) is 20.7. The van der Waals surface area contributed by atoms with Crippen molar-refractivity contribution in [3.63, 3.8) is 0 Å². The zero-order valence-corrected chi connectivity index (χ0v) is 14.7. The monoisotopic (exact) mass is 399 g/mol. The van der Waals surface area contributed by atoms with Gasteiger partial charge in [-0.3, -0.25) is 14.5 Å². The molecular formula is C18H17F4N3O3. The number of carbonyl (C=O) groups excluding carboxylic acids is 2. The quantitative estimate of drug-likeness (QED) is 0.702. The number of likely N-dealkylation sites (N-methyl/N-ethyl adjacent to an activating group) is 1. The van der Waals surface area contributed by atoms with Crippen molar-refractivity contribution in [2.24, 2.45) is 0 Å². The third kappa shape index (κ3) is 7.23. The second-order valence-corrected chi connectivity index (χ2v) is 5.82. The van der Waals surface area contributed by atoms with Gasteiger partial charge in [0.05, 0.1) is 18.8 Å². The Bertz CT molecular complexity index is 826. The number of nitrogens with zero attached hydrogens (tertiary/aromatic N) is 1. The van der Waals surface area contributed by atoms with Gasteiger partial charge in [0, 0.05) is 5.69 Å². The minimum absolute atomic E-state index is 0.0338. The van der Waals surface area contributed by atoms with Gasteiger partial charge < -0.3 is 15.4 Å². The van der Waals surface area contributed by atoms with Gasteiger partial charge in [0.1, 0.15) is 11.6 Å². The number of amides is 2. The molecule has 0 aromatic heterocycles. The Hall–Kier alpha value is -3.14. The summed E-state index contributed by atoms with van der Waals surface area (Å²) >= 11 is 0. The van der Waals surface area contributed by atoms with Crippen LogP contribution in [0.1, 0.15) is 0 Å². The van der Waals surface area contributed by atoms with Crippen molar-refractivity contribution in [3.05, 3.63) is 54.3 Å². The summed E-state index contributed by atoms with van der Waals surface area (Å²) in [7, 11) is 1.51. The third-order valence-electron chi connectivity index (χ3n) is 3.35. The summed E-state index contributed by atoms with van der Waals surface area (Å²) in [5.74, 6) is -1.97. The van der Waals surface area contributed by atoms with Crippen molar-refractivity contribution < 1.29 is 31.9 Å². The second kappa shape index (κ2) is 9.18. The highest BCUT2D eigenvalue weighted by molar-refractivity contribution is 5.94. The van der Waals surface area contributed by atoms with E-state index in [1.807, 2.05) is 0 Å². The average Bonchev–Trinajstić information content (AvgIpc) is 2.57. The van der Waals surface area contributed by atoms with E-state index in [0.717, 1.165) is 12.1 Å². The number of alkyl halides is 3. The summed E-state index contributed by atoms with van der Waals surface area (Å²) in [6.45, 7) is -0.328. The molecule has 10 heteroatoms. The Morgan fingerprint density at radius 2 is 1.54 bits per heavy atom. The van der Waals surface area contributed by atoms with Crippen LogP contribution in [-0.4, -0.2) is 43.2 Å². The molecule has 28 heavy (non-hydrogen) atoms. The van der Waals surface area contributed by atoms with E-state index in [9.17, 15) is 27.2 Å². The summed E-state index contributed by atoms with van der Waals surface area (Å²) in [5.41, 5.74) is 0.301. The molecule has 0 radical (unpaired) electrons. The van der Waals surface area contributed by atoms with Gasteiger partial charge in [-0.25, -0.2) is 4.39 Å². The lowest BCUT2D eigenvalue weighted by Crippen LogP contribution is -2.36. The number of ether oxygens (including phenoxy) is 1. The van der Waals surface area contributed by atoms with Crippen LogP contribution >= 0.6 is 0 Å². The minimum Gasteiger partial charge on any atom is -0.406 e. The van der Waals surface area contributed by atoms with Gasteiger partial charge in [-0.1, -0.05) is 12.1 Å². The van der Waals surface area contributed by atoms with E-state index < -0.39 is 29.7 Å². The number of anilines is 2. The van der Waals surface area contributed by atoms with Crippen molar-refractivity contribution in [3.8, 4) is 5.75 Å². The molecule has 0 saturated carbocycles. The normalized spacial score (nSPS) is 11.2. The van der Waals surface area contributed by atoms with Crippen LogP contribution in [0.15, 0.2) is 48.5 Å². The summed E-state index contributed by atoms with van der Waals surface area (Å²) in [4.78, 5) is 25.3. The topological polar surface area (TPSA) is 70.7 Å². The Morgan fingerprint density at radius 3 is 2.11 bits per heavy atom. The van der Waals surface area contributed by atoms with Crippen LogP contribution in [0, 0.1) is 5.82 Å². The first kappa shape index (κ1) is 21.2. The maximum absolute atomic E-state index is 13.5. The first-order valence-corrected chi connectivity index (χ1v) is 8.01. The van der Waals surface area contributed by atoms with Crippen LogP contribution in [0.3, 0.4) is 0 Å². The Labute approximate surface area is 158 Å². The second-order valence-electron chi connectivity index (χ2n) is 5.82. The van der Waals surface area contributed by atoms with Crippen molar-refractivity contribution in [1.82, 2.24) is 4.90 Å². The fourth-order valence-electron chi connectivity index (χ4n) is 2.24. The summed E-state index contributed by atoms with van der Waals surface area (Å²) < 4.78 is 53.6. The van der Waals surface area contributed by atoms with Crippen LogP contribution in [0.4, 0.5) is 28.9 Å². The minimum atomic E-state index is -4.79. The molecule has 0 heterocycles. The van der Waals surface area contributed by atoms with Crippen molar-refractivity contribution >= 4 is 23.2 Å². The van der Waals surface area contributed by atoms with Crippen molar-refractivity contribution in [2.45, 2.75) is 6.36 Å². The van der Waals surface area contributed by atoms with E-state index in [1.165, 1.54) is 42.3 Å². The zero-order valence-electron chi connectivity index (χ0n) is 14.7. The Balaban J connectivity index is 1.80. The van der Waals surface area contributed by atoms with E-state index in [0.29, 0.717) is 0 Å². The molecule has 2 N–H and O–H groups in total. The number of benzene rings is 2. The Kier molecular flexibility index (Phi) is 6.94. The molecule has 6 nitrogen and oxygen atoms in total. The van der Waals surface area contributed by atoms with Gasteiger partial charge in [0.15, 0.2) is 0 Å². The van der Waals surface area contributed by atoms with E-state index >= 15 is 0 Å². The number of nitrogens with one attached hydrogen (secondary N) is 2. The fourth-order valence-corrected chi connectivity index (χ4v) is 2.24. The highest BCUT2D eigenvalue weighted by Gasteiger charge is 2.30. The van der Waals surface area contributed by atoms with Crippen LogP contribution in [-0.2, 0) is 9.59 Å². The molecule has 0 aliphatic rings. The molecule has 0 atom stereocenters. The van der Waals surface area contributed by atoms with Gasteiger partial charge in [-0.2, -0.15) is 0 Å². The summed E-state index contributed by atoms with van der Waals surface area (Å²) in [6.07, 6.45) is -4.79. The van der Waals surface area contributed by atoms with E-state index in [-0.39, 0.29) is 24.5 Å². The van der Waals surface area contributed by atoms with Gasteiger partial charge >= 0.3 is 6.36 Å². The Morgan fingerprint density at radius 1 is 0.964 bits per heavy atom. The predicted octanol–water partition coefficient (Wildman–Crippen LogP) is 3.23. The molecule has 0 spiro atoms. The lowest BCUT2D eigenvalue weighted by atomic mass is 10.3.